The molecule has 0 saturated carbocycles. The van der Waals surface area contributed by atoms with Crippen LogP contribution in [0.4, 0.5) is 0 Å². The van der Waals surface area contributed by atoms with E-state index in [1.165, 1.54) is 7.11 Å². The van der Waals surface area contributed by atoms with Crippen LogP contribution >= 0.6 is 23.2 Å². The summed E-state index contributed by atoms with van der Waals surface area (Å²) in [4.78, 5) is 0. The van der Waals surface area contributed by atoms with Crippen molar-refractivity contribution in [1.29, 1.82) is 0 Å². The van der Waals surface area contributed by atoms with Gasteiger partial charge in [-0.15, -0.1) is 5.10 Å². The van der Waals surface area contributed by atoms with Crippen molar-refractivity contribution in [3.05, 3.63) is 51.6 Å². The summed E-state index contributed by atoms with van der Waals surface area (Å²) < 4.78 is 4.97. The Hall–Kier alpha value is -1.40. The summed E-state index contributed by atoms with van der Waals surface area (Å²) in [6, 6.07) is 8.62. The minimum atomic E-state index is -0.218. The molecule has 2 aromatic rings. The molecule has 0 spiro atoms. The molecule has 1 unspecified atom stereocenters. The van der Waals surface area contributed by atoms with Gasteiger partial charge in [-0.1, -0.05) is 23.2 Å². The number of hydrazine groups is 1. The number of ether oxygens (including phenoxy) is 1. The smallest absolute Gasteiger partial charge is 0.233 e. The van der Waals surface area contributed by atoms with Gasteiger partial charge in [0.15, 0.2) is 0 Å². The molecule has 0 saturated heterocycles. The first kappa shape index (κ1) is 15.0. The van der Waals surface area contributed by atoms with E-state index >= 15 is 0 Å². The van der Waals surface area contributed by atoms with Crippen molar-refractivity contribution in [3.8, 4) is 5.88 Å². The molecule has 0 amide bonds. The second-order valence-corrected chi connectivity index (χ2v) is 5.00. The molecule has 0 fully saturated rings. The Bertz CT molecular complexity index is 577. The van der Waals surface area contributed by atoms with Crippen LogP contribution in [0.5, 0.6) is 5.88 Å². The van der Waals surface area contributed by atoms with E-state index in [9.17, 15) is 0 Å². The molecule has 0 aliphatic heterocycles. The van der Waals surface area contributed by atoms with Gasteiger partial charge >= 0.3 is 0 Å². The standard InChI is InChI=1S/C13H14Cl2N4O/c1-20-13-5-4-11(18-19-13)12(17-16)7-8-6-9(14)2-3-10(8)15/h2-6,12,17H,7,16H2,1H3. The van der Waals surface area contributed by atoms with Gasteiger partial charge in [0.2, 0.25) is 5.88 Å². The molecule has 20 heavy (non-hydrogen) atoms. The van der Waals surface area contributed by atoms with Crippen molar-refractivity contribution >= 4 is 23.2 Å². The van der Waals surface area contributed by atoms with Crippen molar-refractivity contribution < 1.29 is 4.74 Å². The van der Waals surface area contributed by atoms with Crippen LogP contribution < -0.4 is 16.0 Å². The molecule has 5 nitrogen and oxygen atoms in total. The van der Waals surface area contributed by atoms with E-state index in [-0.39, 0.29) is 6.04 Å². The average molecular weight is 313 g/mol. The lowest BCUT2D eigenvalue weighted by molar-refractivity contribution is 0.389. The van der Waals surface area contributed by atoms with Crippen LogP contribution in [0.15, 0.2) is 30.3 Å². The molecule has 1 atom stereocenters. The molecule has 7 heteroatoms. The fourth-order valence-electron chi connectivity index (χ4n) is 1.79. The first-order valence-electron chi connectivity index (χ1n) is 5.91. The Morgan fingerprint density at radius 1 is 1.25 bits per heavy atom. The molecular formula is C13H14Cl2N4O. The van der Waals surface area contributed by atoms with E-state index in [1.54, 1.807) is 24.3 Å². The number of nitrogens with zero attached hydrogens (tertiary/aromatic N) is 2. The second kappa shape index (κ2) is 6.85. The number of hydrogen-bond donors (Lipinski definition) is 2. The van der Waals surface area contributed by atoms with Crippen molar-refractivity contribution in [3.63, 3.8) is 0 Å². The van der Waals surface area contributed by atoms with E-state index in [1.807, 2.05) is 6.07 Å². The first-order chi connectivity index (χ1) is 9.63. The van der Waals surface area contributed by atoms with Gasteiger partial charge in [0.1, 0.15) is 0 Å². The number of nitrogens with one attached hydrogen (secondary N) is 1. The number of rotatable bonds is 5. The van der Waals surface area contributed by atoms with Gasteiger partial charge in [0.05, 0.1) is 18.8 Å². The summed E-state index contributed by atoms with van der Waals surface area (Å²) in [7, 11) is 1.54. The third-order valence-electron chi connectivity index (χ3n) is 2.86. The fourth-order valence-corrected chi connectivity index (χ4v) is 2.18. The molecule has 1 aromatic heterocycles. The summed E-state index contributed by atoms with van der Waals surface area (Å²) >= 11 is 12.1. The van der Waals surface area contributed by atoms with Crippen molar-refractivity contribution in [2.75, 3.05) is 7.11 Å². The summed E-state index contributed by atoms with van der Waals surface area (Å²) in [5.41, 5.74) is 4.29. The van der Waals surface area contributed by atoms with Crippen molar-refractivity contribution in [1.82, 2.24) is 15.6 Å². The Morgan fingerprint density at radius 3 is 2.65 bits per heavy atom. The van der Waals surface area contributed by atoms with E-state index in [4.69, 9.17) is 33.8 Å². The van der Waals surface area contributed by atoms with Gasteiger partial charge in [-0.3, -0.25) is 11.3 Å². The maximum atomic E-state index is 6.15. The van der Waals surface area contributed by atoms with Crippen LogP contribution in [0.2, 0.25) is 10.0 Å². The average Bonchev–Trinajstić information content (AvgIpc) is 2.48. The molecule has 3 N–H and O–H groups in total. The highest BCUT2D eigenvalue weighted by molar-refractivity contribution is 6.33. The molecule has 0 aliphatic carbocycles. The zero-order valence-corrected chi connectivity index (χ0v) is 12.3. The number of aromatic nitrogens is 2. The lowest BCUT2D eigenvalue weighted by Crippen LogP contribution is -2.30. The molecule has 0 radical (unpaired) electrons. The maximum Gasteiger partial charge on any atom is 0.233 e. The van der Waals surface area contributed by atoms with E-state index in [0.29, 0.717) is 28.0 Å². The van der Waals surface area contributed by atoms with Crippen LogP contribution in [0.1, 0.15) is 17.3 Å². The number of nitrogens with two attached hydrogens (primary N) is 1. The largest absolute Gasteiger partial charge is 0.480 e. The number of benzene rings is 1. The highest BCUT2D eigenvalue weighted by Crippen LogP contribution is 2.25. The minimum absolute atomic E-state index is 0.218. The summed E-state index contributed by atoms with van der Waals surface area (Å²) in [6.07, 6.45) is 0.552. The zero-order valence-electron chi connectivity index (χ0n) is 10.8. The Morgan fingerprint density at radius 2 is 2.05 bits per heavy atom. The SMILES string of the molecule is COc1ccc(C(Cc2cc(Cl)ccc2Cl)NN)nn1. The van der Waals surface area contributed by atoms with Crippen molar-refractivity contribution in [2.45, 2.75) is 12.5 Å². The number of hydrogen-bond acceptors (Lipinski definition) is 5. The summed E-state index contributed by atoms with van der Waals surface area (Å²) in [5, 5.41) is 9.26. The third kappa shape index (κ3) is 3.58. The van der Waals surface area contributed by atoms with Crippen molar-refractivity contribution in [2.24, 2.45) is 5.84 Å². The molecule has 1 heterocycles. The maximum absolute atomic E-state index is 6.15. The summed E-state index contributed by atoms with van der Waals surface area (Å²) in [5.74, 6) is 6.04. The van der Waals surface area contributed by atoms with Gasteiger partial charge in [-0.2, -0.15) is 5.10 Å². The second-order valence-electron chi connectivity index (χ2n) is 4.16. The van der Waals surface area contributed by atoms with E-state index < -0.39 is 0 Å². The Balaban J connectivity index is 2.21. The molecule has 1 aromatic carbocycles. The predicted octanol–water partition coefficient (Wildman–Crippen LogP) is 2.54. The summed E-state index contributed by atoms with van der Waals surface area (Å²) in [6.45, 7) is 0. The zero-order chi connectivity index (χ0) is 14.5. The topological polar surface area (TPSA) is 73.1 Å². The number of halogens is 2. The van der Waals surface area contributed by atoms with Gasteiger partial charge < -0.3 is 4.74 Å². The first-order valence-corrected chi connectivity index (χ1v) is 6.67. The van der Waals surface area contributed by atoms with E-state index in [0.717, 1.165) is 5.56 Å². The molecule has 0 aliphatic rings. The Kier molecular flexibility index (Phi) is 5.14. The monoisotopic (exact) mass is 312 g/mol. The molecule has 106 valence electrons. The lowest BCUT2D eigenvalue weighted by Gasteiger charge is -2.16. The van der Waals surface area contributed by atoms with Crippen LogP contribution in [0, 0.1) is 0 Å². The molecule has 2 rings (SSSR count). The number of methoxy groups -OCH3 is 1. The van der Waals surface area contributed by atoms with Gasteiger partial charge in [0.25, 0.3) is 0 Å². The third-order valence-corrected chi connectivity index (χ3v) is 3.46. The van der Waals surface area contributed by atoms with Crippen LogP contribution in [0.3, 0.4) is 0 Å². The quantitative estimate of drug-likeness (QED) is 0.655. The van der Waals surface area contributed by atoms with Crippen LogP contribution in [0.25, 0.3) is 0 Å². The minimum Gasteiger partial charge on any atom is -0.480 e. The Labute approximate surface area is 127 Å². The van der Waals surface area contributed by atoms with Gasteiger partial charge in [0, 0.05) is 16.1 Å². The van der Waals surface area contributed by atoms with Crippen LogP contribution in [-0.2, 0) is 6.42 Å². The van der Waals surface area contributed by atoms with Crippen LogP contribution in [-0.4, -0.2) is 17.3 Å². The van der Waals surface area contributed by atoms with E-state index in [2.05, 4.69) is 15.6 Å². The fraction of sp³-hybridized carbons (Fsp3) is 0.231. The van der Waals surface area contributed by atoms with Gasteiger partial charge in [-0.05, 0) is 36.2 Å². The highest BCUT2D eigenvalue weighted by Gasteiger charge is 2.15. The van der Waals surface area contributed by atoms with Gasteiger partial charge in [-0.25, -0.2) is 0 Å². The lowest BCUT2D eigenvalue weighted by atomic mass is 10.0. The predicted molar refractivity (Wildman–Crippen MR) is 78.8 cm³/mol. The molecule has 0 bridgehead atoms. The molecular weight excluding hydrogens is 299 g/mol. The highest BCUT2D eigenvalue weighted by atomic mass is 35.5. The normalized spacial score (nSPS) is 12.2.